The van der Waals surface area contributed by atoms with E-state index in [9.17, 15) is 4.79 Å². The van der Waals surface area contributed by atoms with Gasteiger partial charge in [0.05, 0.1) is 11.6 Å². The highest BCUT2D eigenvalue weighted by atomic mass is 16.2. The summed E-state index contributed by atoms with van der Waals surface area (Å²) in [7, 11) is 0. The van der Waals surface area contributed by atoms with E-state index < -0.39 is 0 Å². The average molecular weight is 295 g/mol. The molecule has 1 heterocycles. The number of nitrogens with zero attached hydrogens (tertiary/aromatic N) is 4. The predicted molar refractivity (Wildman–Crippen MR) is 83.7 cm³/mol. The van der Waals surface area contributed by atoms with E-state index >= 15 is 0 Å². The lowest BCUT2D eigenvalue weighted by Gasteiger charge is -2.18. The van der Waals surface area contributed by atoms with Crippen molar-refractivity contribution in [1.82, 2.24) is 14.9 Å². The summed E-state index contributed by atoms with van der Waals surface area (Å²) in [6.07, 6.45) is 1.35. The highest BCUT2D eigenvalue weighted by Crippen LogP contribution is 2.16. The molecule has 2 rings (SSSR count). The maximum Gasteiger partial charge on any atom is 0.272 e. The van der Waals surface area contributed by atoms with E-state index in [4.69, 9.17) is 5.26 Å². The summed E-state index contributed by atoms with van der Waals surface area (Å²) < 4.78 is 0. The number of nitrogens with one attached hydrogen (secondary N) is 1. The van der Waals surface area contributed by atoms with Gasteiger partial charge in [0.2, 0.25) is 0 Å². The lowest BCUT2D eigenvalue weighted by atomic mass is 10.2. The number of hydrogen-bond acceptors (Lipinski definition) is 5. The van der Waals surface area contributed by atoms with Crippen molar-refractivity contribution < 1.29 is 4.79 Å². The van der Waals surface area contributed by atoms with E-state index in [2.05, 4.69) is 21.4 Å². The molecule has 1 aromatic heterocycles. The number of rotatable bonds is 5. The smallest absolute Gasteiger partial charge is 0.272 e. The quantitative estimate of drug-likeness (QED) is 0.916. The monoisotopic (exact) mass is 295 g/mol. The molecule has 0 spiro atoms. The highest BCUT2D eigenvalue weighted by Gasteiger charge is 2.14. The van der Waals surface area contributed by atoms with Gasteiger partial charge in [-0.05, 0) is 32.0 Å². The summed E-state index contributed by atoms with van der Waals surface area (Å²) in [4.78, 5) is 22.1. The largest absolute Gasteiger partial charge is 0.340 e. The molecular weight excluding hydrogens is 278 g/mol. The Labute approximate surface area is 129 Å². The molecule has 1 amide bonds. The summed E-state index contributed by atoms with van der Waals surface area (Å²) in [5.41, 5.74) is 1.63. The molecule has 6 nitrogen and oxygen atoms in total. The fraction of sp³-hybridized carbons (Fsp3) is 0.250. The Balaban J connectivity index is 2.21. The average Bonchev–Trinajstić information content (AvgIpc) is 2.56. The Kier molecular flexibility index (Phi) is 5.04. The molecule has 0 bridgehead atoms. The molecule has 0 saturated heterocycles. The van der Waals surface area contributed by atoms with Gasteiger partial charge in [0, 0.05) is 24.8 Å². The second-order valence-corrected chi connectivity index (χ2v) is 4.58. The molecule has 6 heteroatoms. The number of carbonyl (C=O) groups excluding carboxylic acids is 1. The van der Waals surface area contributed by atoms with Crippen LogP contribution in [0.2, 0.25) is 0 Å². The van der Waals surface area contributed by atoms with Crippen molar-refractivity contribution in [3.05, 3.63) is 47.9 Å². The van der Waals surface area contributed by atoms with E-state index in [-0.39, 0.29) is 5.91 Å². The van der Waals surface area contributed by atoms with Crippen LogP contribution in [0, 0.1) is 11.3 Å². The third kappa shape index (κ3) is 3.58. The SMILES string of the molecule is CCN(CC)C(=O)c1cc(Nc2cccc(C#N)c2)ncn1. The van der Waals surface area contributed by atoms with Crippen LogP contribution in [0.4, 0.5) is 11.5 Å². The van der Waals surface area contributed by atoms with Crippen molar-refractivity contribution in [2.24, 2.45) is 0 Å². The molecule has 0 radical (unpaired) electrons. The van der Waals surface area contributed by atoms with Crippen LogP contribution in [0.1, 0.15) is 29.9 Å². The van der Waals surface area contributed by atoms with Gasteiger partial charge in [-0.15, -0.1) is 0 Å². The minimum absolute atomic E-state index is 0.124. The van der Waals surface area contributed by atoms with E-state index in [0.29, 0.717) is 30.2 Å². The van der Waals surface area contributed by atoms with Crippen molar-refractivity contribution in [3.8, 4) is 6.07 Å². The first-order valence-corrected chi connectivity index (χ1v) is 7.06. The number of aromatic nitrogens is 2. The molecule has 0 saturated carbocycles. The molecule has 0 atom stereocenters. The van der Waals surface area contributed by atoms with Crippen LogP contribution in [0.5, 0.6) is 0 Å². The van der Waals surface area contributed by atoms with Gasteiger partial charge < -0.3 is 10.2 Å². The summed E-state index contributed by atoms with van der Waals surface area (Å²) >= 11 is 0. The molecular formula is C16H17N5O. The predicted octanol–water partition coefficient (Wildman–Crippen LogP) is 2.57. The Hall–Kier alpha value is -2.94. The van der Waals surface area contributed by atoms with Gasteiger partial charge in [-0.25, -0.2) is 9.97 Å². The van der Waals surface area contributed by atoms with Gasteiger partial charge in [0.25, 0.3) is 5.91 Å². The zero-order chi connectivity index (χ0) is 15.9. The van der Waals surface area contributed by atoms with Crippen LogP contribution in [-0.4, -0.2) is 33.9 Å². The first-order chi connectivity index (χ1) is 10.7. The summed E-state index contributed by atoms with van der Waals surface area (Å²) in [6.45, 7) is 5.11. The fourth-order valence-electron chi connectivity index (χ4n) is 2.03. The summed E-state index contributed by atoms with van der Waals surface area (Å²) in [6, 6.07) is 10.7. The van der Waals surface area contributed by atoms with Gasteiger partial charge in [-0.2, -0.15) is 5.26 Å². The van der Waals surface area contributed by atoms with E-state index in [1.807, 2.05) is 19.9 Å². The second-order valence-electron chi connectivity index (χ2n) is 4.58. The van der Waals surface area contributed by atoms with Gasteiger partial charge in [0.1, 0.15) is 17.8 Å². The Morgan fingerprint density at radius 3 is 2.73 bits per heavy atom. The zero-order valence-electron chi connectivity index (χ0n) is 12.6. The number of carbonyl (C=O) groups is 1. The zero-order valence-corrected chi connectivity index (χ0v) is 12.6. The van der Waals surface area contributed by atoms with Crippen LogP contribution < -0.4 is 5.32 Å². The molecule has 0 fully saturated rings. The number of benzene rings is 1. The Morgan fingerprint density at radius 1 is 1.27 bits per heavy atom. The van der Waals surface area contributed by atoms with Gasteiger partial charge in [-0.1, -0.05) is 6.07 Å². The molecule has 1 aromatic carbocycles. The standard InChI is InChI=1S/C16H17N5O/c1-3-21(4-2)16(22)14-9-15(19-11-18-14)20-13-7-5-6-12(8-13)10-17/h5-9,11H,3-4H2,1-2H3,(H,18,19,20). The van der Waals surface area contributed by atoms with Crippen LogP contribution in [0.15, 0.2) is 36.7 Å². The topological polar surface area (TPSA) is 81.9 Å². The van der Waals surface area contributed by atoms with Crippen molar-refractivity contribution in [2.75, 3.05) is 18.4 Å². The minimum atomic E-state index is -0.124. The first-order valence-electron chi connectivity index (χ1n) is 7.06. The third-order valence-electron chi connectivity index (χ3n) is 3.20. The van der Waals surface area contributed by atoms with Crippen molar-refractivity contribution >= 4 is 17.4 Å². The number of nitriles is 1. The third-order valence-corrected chi connectivity index (χ3v) is 3.20. The molecule has 0 aliphatic rings. The second kappa shape index (κ2) is 7.18. The molecule has 1 N–H and O–H groups in total. The fourth-order valence-corrected chi connectivity index (χ4v) is 2.03. The molecule has 0 aliphatic heterocycles. The normalized spacial score (nSPS) is 9.86. The van der Waals surface area contributed by atoms with Crippen molar-refractivity contribution in [1.29, 1.82) is 5.26 Å². The molecule has 2 aromatic rings. The highest BCUT2D eigenvalue weighted by molar-refractivity contribution is 5.93. The van der Waals surface area contributed by atoms with Crippen molar-refractivity contribution in [3.63, 3.8) is 0 Å². The molecule has 0 aliphatic carbocycles. The maximum absolute atomic E-state index is 12.3. The van der Waals surface area contributed by atoms with Crippen LogP contribution in [0.25, 0.3) is 0 Å². The first kappa shape index (κ1) is 15.4. The van der Waals surface area contributed by atoms with E-state index in [1.54, 1.807) is 29.2 Å². The molecule has 22 heavy (non-hydrogen) atoms. The number of amides is 1. The number of anilines is 2. The summed E-state index contributed by atoms with van der Waals surface area (Å²) in [5, 5.41) is 12.0. The van der Waals surface area contributed by atoms with E-state index in [1.165, 1.54) is 6.33 Å². The molecule has 112 valence electrons. The number of hydrogen-bond donors (Lipinski definition) is 1. The van der Waals surface area contributed by atoms with Crippen LogP contribution >= 0.6 is 0 Å². The van der Waals surface area contributed by atoms with Gasteiger partial charge in [0.15, 0.2) is 0 Å². The summed E-state index contributed by atoms with van der Waals surface area (Å²) in [5.74, 6) is 0.391. The van der Waals surface area contributed by atoms with E-state index in [0.717, 1.165) is 5.69 Å². The Morgan fingerprint density at radius 2 is 2.05 bits per heavy atom. The lowest BCUT2D eigenvalue weighted by Crippen LogP contribution is -2.31. The van der Waals surface area contributed by atoms with Gasteiger partial charge >= 0.3 is 0 Å². The van der Waals surface area contributed by atoms with Crippen LogP contribution in [-0.2, 0) is 0 Å². The maximum atomic E-state index is 12.3. The van der Waals surface area contributed by atoms with Crippen LogP contribution in [0.3, 0.4) is 0 Å². The lowest BCUT2D eigenvalue weighted by molar-refractivity contribution is 0.0767. The minimum Gasteiger partial charge on any atom is -0.340 e. The van der Waals surface area contributed by atoms with Gasteiger partial charge in [-0.3, -0.25) is 4.79 Å². The van der Waals surface area contributed by atoms with Crippen molar-refractivity contribution in [2.45, 2.75) is 13.8 Å². The Bertz CT molecular complexity index is 704. The molecule has 0 unspecified atom stereocenters.